The van der Waals surface area contributed by atoms with E-state index in [1.807, 2.05) is 0 Å². The minimum atomic E-state index is 0.0182. The summed E-state index contributed by atoms with van der Waals surface area (Å²) in [5, 5.41) is 0. The molecule has 2 aliphatic rings. The van der Waals surface area contributed by atoms with Crippen molar-refractivity contribution in [1.82, 2.24) is 4.90 Å². The Bertz CT molecular complexity index is 390. The minimum absolute atomic E-state index is 0.0182. The fourth-order valence-corrected chi connectivity index (χ4v) is 3.94. The molecule has 0 aromatic heterocycles. The number of likely N-dealkylation sites (tertiary alicyclic amines) is 1. The van der Waals surface area contributed by atoms with E-state index in [1.54, 1.807) is 4.90 Å². The van der Waals surface area contributed by atoms with Crippen molar-refractivity contribution in [3.63, 3.8) is 0 Å². The van der Waals surface area contributed by atoms with Crippen LogP contribution in [0.2, 0.25) is 0 Å². The van der Waals surface area contributed by atoms with Crippen LogP contribution in [0.1, 0.15) is 65.7 Å². The first-order chi connectivity index (χ1) is 9.90. The number of imide groups is 1. The van der Waals surface area contributed by atoms with E-state index in [1.165, 1.54) is 0 Å². The fourth-order valence-electron chi connectivity index (χ4n) is 3.94. The number of piperidine rings is 1. The average molecular weight is 294 g/mol. The highest BCUT2D eigenvalue weighted by Crippen LogP contribution is 2.44. The van der Waals surface area contributed by atoms with Gasteiger partial charge in [-0.1, -0.05) is 27.2 Å². The van der Waals surface area contributed by atoms with E-state index in [2.05, 4.69) is 20.8 Å². The highest BCUT2D eigenvalue weighted by molar-refractivity contribution is 5.97. The summed E-state index contributed by atoms with van der Waals surface area (Å²) in [5.41, 5.74) is 6.19. The normalized spacial score (nSPS) is 31.6. The summed E-state index contributed by atoms with van der Waals surface area (Å²) in [6.07, 6.45) is 5.99. The minimum Gasteiger partial charge on any atom is -0.330 e. The highest BCUT2D eigenvalue weighted by Gasteiger charge is 2.43. The fraction of sp³-hybridized carbons (Fsp3) is 0.882. The molecule has 1 heterocycles. The highest BCUT2D eigenvalue weighted by atomic mass is 16.2. The Balaban J connectivity index is 2.20. The monoisotopic (exact) mass is 294 g/mol. The van der Waals surface area contributed by atoms with Crippen LogP contribution in [0.15, 0.2) is 0 Å². The van der Waals surface area contributed by atoms with Crippen molar-refractivity contribution < 1.29 is 9.59 Å². The maximum absolute atomic E-state index is 12.3. The number of hydrogen-bond acceptors (Lipinski definition) is 3. The lowest BCUT2D eigenvalue weighted by molar-refractivity contribution is -0.154. The van der Waals surface area contributed by atoms with Crippen molar-refractivity contribution in [3.05, 3.63) is 0 Å². The Labute approximate surface area is 128 Å². The van der Waals surface area contributed by atoms with Crippen molar-refractivity contribution >= 4 is 11.8 Å². The Morgan fingerprint density at radius 1 is 1.19 bits per heavy atom. The van der Waals surface area contributed by atoms with Gasteiger partial charge >= 0.3 is 0 Å². The summed E-state index contributed by atoms with van der Waals surface area (Å²) < 4.78 is 0. The molecule has 120 valence electrons. The van der Waals surface area contributed by atoms with Gasteiger partial charge in [0.25, 0.3) is 0 Å². The standard InChI is InChI=1S/C17H30N2O2/c1-4-17(2,3)13-9-8-12(11-18)14(10-13)19-15(20)6-5-7-16(19)21/h12-14H,4-11,18H2,1-3H3. The van der Waals surface area contributed by atoms with Crippen LogP contribution >= 0.6 is 0 Å². The zero-order valence-corrected chi connectivity index (χ0v) is 13.7. The van der Waals surface area contributed by atoms with Crippen LogP contribution in [-0.4, -0.2) is 29.3 Å². The van der Waals surface area contributed by atoms with Crippen LogP contribution in [0.5, 0.6) is 0 Å². The van der Waals surface area contributed by atoms with Gasteiger partial charge in [-0.25, -0.2) is 0 Å². The van der Waals surface area contributed by atoms with Gasteiger partial charge in [-0.2, -0.15) is 0 Å². The van der Waals surface area contributed by atoms with E-state index in [0.717, 1.165) is 25.7 Å². The Morgan fingerprint density at radius 2 is 1.81 bits per heavy atom. The number of carbonyl (C=O) groups is 2. The molecule has 21 heavy (non-hydrogen) atoms. The molecule has 0 aromatic carbocycles. The predicted octanol–water partition coefficient (Wildman–Crippen LogP) is 2.71. The first-order valence-electron chi connectivity index (χ1n) is 8.45. The summed E-state index contributed by atoms with van der Waals surface area (Å²) in [6, 6.07) is 0.0277. The number of carbonyl (C=O) groups excluding carboxylic acids is 2. The number of hydrogen-bond donors (Lipinski definition) is 1. The Morgan fingerprint density at radius 3 is 2.33 bits per heavy atom. The largest absolute Gasteiger partial charge is 0.330 e. The van der Waals surface area contributed by atoms with Gasteiger partial charge < -0.3 is 5.73 Å². The molecular formula is C17H30N2O2. The lowest BCUT2D eigenvalue weighted by Gasteiger charge is -2.46. The lowest BCUT2D eigenvalue weighted by atomic mass is 9.65. The molecule has 0 bridgehead atoms. The summed E-state index contributed by atoms with van der Waals surface area (Å²) in [5.74, 6) is 0.882. The topological polar surface area (TPSA) is 63.4 Å². The predicted molar refractivity (Wildman–Crippen MR) is 83.4 cm³/mol. The van der Waals surface area contributed by atoms with E-state index in [4.69, 9.17) is 5.73 Å². The SMILES string of the molecule is CCC(C)(C)C1CCC(CN)C(N2C(=O)CCCC2=O)C1. The van der Waals surface area contributed by atoms with Gasteiger partial charge in [0.15, 0.2) is 0 Å². The van der Waals surface area contributed by atoms with Crippen LogP contribution in [0.4, 0.5) is 0 Å². The quantitative estimate of drug-likeness (QED) is 0.811. The third kappa shape index (κ3) is 3.31. The van der Waals surface area contributed by atoms with Crippen LogP contribution in [0.25, 0.3) is 0 Å². The molecule has 4 nitrogen and oxygen atoms in total. The second kappa shape index (κ2) is 6.47. The molecule has 2 fully saturated rings. The number of nitrogens with two attached hydrogens (primary N) is 1. The van der Waals surface area contributed by atoms with Crippen molar-refractivity contribution in [1.29, 1.82) is 0 Å². The number of rotatable bonds is 4. The van der Waals surface area contributed by atoms with Gasteiger partial charge in [0.2, 0.25) is 11.8 Å². The number of nitrogens with zero attached hydrogens (tertiary/aromatic N) is 1. The van der Waals surface area contributed by atoms with Gasteiger partial charge in [-0.05, 0) is 49.5 Å². The molecule has 0 radical (unpaired) electrons. The summed E-state index contributed by atoms with van der Waals surface area (Å²) in [4.78, 5) is 26.1. The molecule has 3 unspecified atom stereocenters. The molecule has 2 amide bonds. The first-order valence-corrected chi connectivity index (χ1v) is 8.45. The van der Waals surface area contributed by atoms with E-state index in [0.29, 0.717) is 31.7 Å². The maximum Gasteiger partial charge on any atom is 0.229 e. The molecule has 1 saturated heterocycles. The molecule has 1 aliphatic carbocycles. The molecule has 2 N–H and O–H groups in total. The van der Waals surface area contributed by atoms with Crippen LogP contribution in [0.3, 0.4) is 0 Å². The third-order valence-electron chi connectivity index (χ3n) is 5.93. The number of amides is 2. The molecular weight excluding hydrogens is 264 g/mol. The molecule has 1 saturated carbocycles. The van der Waals surface area contributed by atoms with Crippen LogP contribution in [0, 0.1) is 17.3 Å². The maximum atomic E-state index is 12.3. The van der Waals surface area contributed by atoms with Gasteiger partial charge in [0.1, 0.15) is 0 Å². The van der Waals surface area contributed by atoms with E-state index in [-0.39, 0.29) is 29.2 Å². The molecule has 1 aliphatic heterocycles. The van der Waals surface area contributed by atoms with Crippen LogP contribution in [-0.2, 0) is 9.59 Å². The second-order valence-corrected chi connectivity index (χ2v) is 7.43. The summed E-state index contributed by atoms with van der Waals surface area (Å²) in [6.45, 7) is 7.40. The molecule has 0 spiro atoms. The molecule has 0 aromatic rings. The first kappa shape index (κ1) is 16.5. The summed E-state index contributed by atoms with van der Waals surface area (Å²) in [7, 11) is 0. The van der Waals surface area contributed by atoms with Crippen molar-refractivity contribution in [2.75, 3.05) is 6.54 Å². The molecule has 2 rings (SSSR count). The van der Waals surface area contributed by atoms with Gasteiger partial charge in [-0.15, -0.1) is 0 Å². The van der Waals surface area contributed by atoms with Crippen molar-refractivity contribution in [3.8, 4) is 0 Å². The second-order valence-electron chi connectivity index (χ2n) is 7.43. The molecule has 3 atom stereocenters. The third-order valence-corrected chi connectivity index (χ3v) is 5.93. The Kier molecular flexibility index (Phi) is 5.07. The van der Waals surface area contributed by atoms with E-state index >= 15 is 0 Å². The zero-order chi connectivity index (χ0) is 15.6. The van der Waals surface area contributed by atoms with Gasteiger partial charge in [0, 0.05) is 18.9 Å². The zero-order valence-electron chi connectivity index (χ0n) is 13.7. The average Bonchev–Trinajstić information content (AvgIpc) is 2.47. The van der Waals surface area contributed by atoms with Crippen molar-refractivity contribution in [2.24, 2.45) is 23.0 Å². The summed E-state index contributed by atoms with van der Waals surface area (Å²) >= 11 is 0. The molecule has 4 heteroatoms. The lowest BCUT2D eigenvalue weighted by Crippen LogP contribution is -2.54. The smallest absolute Gasteiger partial charge is 0.229 e. The van der Waals surface area contributed by atoms with E-state index < -0.39 is 0 Å². The van der Waals surface area contributed by atoms with Gasteiger partial charge in [0.05, 0.1) is 0 Å². The van der Waals surface area contributed by atoms with Crippen molar-refractivity contribution in [2.45, 2.75) is 71.8 Å². The van der Waals surface area contributed by atoms with Gasteiger partial charge in [-0.3, -0.25) is 14.5 Å². The van der Waals surface area contributed by atoms with Crippen LogP contribution < -0.4 is 5.73 Å². The Hall–Kier alpha value is -0.900. The van der Waals surface area contributed by atoms with E-state index in [9.17, 15) is 9.59 Å².